The molecule has 2 radical (unpaired) electrons. The molecule has 0 amide bonds. The molecule has 7 heteroatoms. The third-order valence-corrected chi connectivity index (χ3v) is 10.7. The zero-order chi connectivity index (χ0) is 29.7. The minimum atomic E-state index is -0.211. The van der Waals surface area contributed by atoms with Crippen molar-refractivity contribution in [3.8, 4) is 0 Å². The predicted molar refractivity (Wildman–Crippen MR) is 180 cm³/mol. The summed E-state index contributed by atoms with van der Waals surface area (Å²) >= 11 is 7.73. The molecular weight excluding hydrogens is 631 g/mol. The van der Waals surface area contributed by atoms with Crippen LogP contribution in [0.4, 0.5) is 0 Å². The SMILES string of the molecule is CCCCCCCCOC(=O)CS.CCCCCCCCOC(=O)CS.CCCCC[CH2][Sn][CH2]CCCCC. The fourth-order valence-electron chi connectivity index (χ4n) is 3.71. The zero-order valence-electron chi connectivity index (χ0n) is 26.4. The fraction of sp³-hybridized carbons (Fsp3) is 0.938. The molecule has 0 aromatic rings. The van der Waals surface area contributed by atoms with E-state index in [0.717, 1.165) is 12.8 Å². The second-order valence-corrected chi connectivity index (χ2v) is 15.1. The number of hydrogen-bond donors (Lipinski definition) is 2. The average Bonchev–Trinajstić information content (AvgIpc) is 2.95. The molecule has 0 unspecified atom stereocenters. The fourth-order valence-corrected chi connectivity index (χ4v) is 7.46. The minimum absolute atomic E-state index is 0.104. The first kappa shape index (κ1) is 43.9. The molecule has 0 aliphatic rings. The summed E-state index contributed by atoms with van der Waals surface area (Å²) in [4.78, 5) is 21.3. The molecule has 0 atom stereocenters. The zero-order valence-corrected chi connectivity index (χ0v) is 31.1. The van der Waals surface area contributed by atoms with E-state index in [9.17, 15) is 9.59 Å². The van der Waals surface area contributed by atoms with E-state index < -0.39 is 0 Å². The molecular formula is C32H66O4S2Sn. The van der Waals surface area contributed by atoms with E-state index >= 15 is 0 Å². The summed E-state index contributed by atoms with van der Waals surface area (Å²) in [5.41, 5.74) is 0. The Morgan fingerprint density at radius 2 is 0.744 bits per heavy atom. The van der Waals surface area contributed by atoms with Gasteiger partial charge in [0.25, 0.3) is 0 Å². The van der Waals surface area contributed by atoms with Gasteiger partial charge in [0.05, 0.1) is 24.7 Å². The molecule has 0 bridgehead atoms. The second-order valence-electron chi connectivity index (χ2n) is 10.2. The van der Waals surface area contributed by atoms with E-state index in [2.05, 4.69) is 53.0 Å². The molecule has 0 aliphatic heterocycles. The third-order valence-electron chi connectivity index (χ3n) is 6.19. The van der Waals surface area contributed by atoms with Crippen molar-refractivity contribution in [2.45, 2.75) is 165 Å². The molecule has 0 saturated heterocycles. The van der Waals surface area contributed by atoms with Gasteiger partial charge in [0.1, 0.15) is 0 Å². The first-order valence-corrected chi connectivity index (χ1v) is 21.6. The van der Waals surface area contributed by atoms with Crippen molar-refractivity contribution in [1.82, 2.24) is 0 Å². The Labute approximate surface area is 265 Å². The van der Waals surface area contributed by atoms with Gasteiger partial charge in [-0.3, -0.25) is 9.59 Å². The van der Waals surface area contributed by atoms with Gasteiger partial charge >= 0.3 is 107 Å². The van der Waals surface area contributed by atoms with Gasteiger partial charge in [-0.05, 0) is 12.8 Å². The van der Waals surface area contributed by atoms with Gasteiger partial charge < -0.3 is 9.47 Å². The third kappa shape index (κ3) is 48.5. The van der Waals surface area contributed by atoms with Crippen LogP contribution in [0, 0.1) is 0 Å². The Hall–Kier alpha value is 0.439. The Bertz CT molecular complexity index is 427. The van der Waals surface area contributed by atoms with Crippen LogP contribution in [-0.4, -0.2) is 57.8 Å². The van der Waals surface area contributed by atoms with Gasteiger partial charge in [0.2, 0.25) is 0 Å². The van der Waals surface area contributed by atoms with Crippen LogP contribution in [0.15, 0.2) is 0 Å². The van der Waals surface area contributed by atoms with Gasteiger partial charge in [-0.1, -0.05) is 78.1 Å². The van der Waals surface area contributed by atoms with Crippen molar-refractivity contribution in [2.24, 2.45) is 0 Å². The van der Waals surface area contributed by atoms with Crippen LogP contribution < -0.4 is 0 Å². The number of carbonyl (C=O) groups excluding carboxylic acids is 2. The average molecular weight is 698 g/mol. The van der Waals surface area contributed by atoms with E-state index in [1.54, 1.807) is 21.7 Å². The van der Waals surface area contributed by atoms with Crippen molar-refractivity contribution in [3.63, 3.8) is 0 Å². The van der Waals surface area contributed by atoms with Gasteiger partial charge in [-0.2, -0.15) is 25.3 Å². The van der Waals surface area contributed by atoms with E-state index in [1.807, 2.05) is 0 Å². The molecule has 0 aliphatic carbocycles. The standard InChI is InChI=1S/2C10H20O2S.2C6H13.Sn/c2*1-2-3-4-5-6-7-8-12-10(11)9-13;2*1-3-5-6-4-2;/h2*13H,2-9H2,1H3;2*1,3-6H2,2H3;. The molecule has 0 heterocycles. The van der Waals surface area contributed by atoms with E-state index in [-0.39, 0.29) is 44.6 Å². The van der Waals surface area contributed by atoms with Gasteiger partial charge in [0.15, 0.2) is 0 Å². The number of thiol groups is 2. The van der Waals surface area contributed by atoms with E-state index in [1.165, 1.54) is 103 Å². The van der Waals surface area contributed by atoms with Crippen LogP contribution in [0.25, 0.3) is 0 Å². The predicted octanol–water partition coefficient (Wildman–Crippen LogP) is 10.3. The second kappa shape index (κ2) is 42.9. The van der Waals surface area contributed by atoms with E-state index in [0.29, 0.717) is 13.2 Å². The van der Waals surface area contributed by atoms with Crippen molar-refractivity contribution < 1.29 is 19.1 Å². The summed E-state index contributed by atoms with van der Waals surface area (Å²) in [6.07, 6.45) is 26.4. The number of ether oxygens (including phenoxy) is 2. The van der Waals surface area contributed by atoms with Gasteiger partial charge in [-0.15, -0.1) is 0 Å². The molecule has 0 aromatic carbocycles. The van der Waals surface area contributed by atoms with Crippen LogP contribution in [0.1, 0.15) is 156 Å². The Kier molecular flexibility index (Phi) is 48.3. The summed E-state index contributed by atoms with van der Waals surface area (Å²) in [7, 11) is 0. The summed E-state index contributed by atoms with van der Waals surface area (Å²) < 4.78 is 13.1. The molecule has 0 saturated carbocycles. The normalized spacial score (nSPS) is 10.2. The molecule has 0 spiro atoms. The molecule has 0 aromatic heterocycles. The van der Waals surface area contributed by atoms with Crippen LogP contribution >= 0.6 is 25.3 Å². The van der Waals surface area contributed by atoms with Crippen LogP contribution in [-0.2, 0) is 19.1 Å². The molecule has 234 valence electrons. The summed E-state index contributed by atoms with van der Waals surface area (Å²) in [5, 5.41) is 0. The van der Waals surface area contributed by atoms with Gasteiger partial charge in [0, 0.05) is 0 Å². The van der Waals surface area contributed by atoms with Crippen LogP contribution in [0.2, 0.25) is 8.87 Å². The first-order valence-electron chi connectivity index (χ1n) is 16.3. The molecule has 0 rings (SSSR count). The topological polar surface area (TPSA) is 52.6 Å². The van der Waals surface area contributed by atoms with Crippen molar-refractivity contribution >= 4 is 58.3 Å². The van der Waals surface area contributed by atoms with Crippen LogP contribution in [0.3, 0.4) is 0 Å². The van der Waals surface area contributed by atoms with Crippen molar-refractivity contribution in [2.75, 3.05) is 24.7 Å². The molecule has 39 heavy (non-hydrogen) atoms. The Balaban J connectivity index is -0.000000498. The van der Waals surface area contributed by atoms with E-state index in [4.69, 9.17) is 9.47 Å². The molecule has 0 fully saturated rings. The summed E-state index contributed by atoms with van der Waals surface area (Å²) in [6.45, 7) is 10.1. The quantitative estimate of drug-likeness (QED) is 0.0409. The number of esters is 2. The molecule has 0 N–H and O–H groups in total. The summed E-state index contributed by atoms with van der Waals surface area (Å²) in [5.74, 6) is -0.0418. The maximum absolute atomic E-state index is 10.6. The maximum atomic E-state index is 10.6. The van der Waals surface area contributed by atoms with Crippen LogP contribution in [0.5, 0.6) is 0 Å². The molecule has 4 nitrogen and oxygen atoms in total. The number of rotatable bonds is 26. The van der Waals surface area contributed by atoms with Crippen molar-refractivity contribution in [3.05, 3.63) is 0 Å². The first-order chi connectivity index (χ1) is 19.0. The number of hydrogen-bond acceptors (Lipinski definition) is 6. The summed E-state index contributed by atoms with van der Waals surface area (Å²) in [6, 6.07) is 0. The Morgan fingerprint density at radius 3 is 1.05 bits per heavy atom. The number of carbonyl (C=O) groups is 2. The Morgan fingerprint density at radius 1 is 0.462 bits per heavy atom. The van der Waals surface area contributed by atoms with Crippen molar-refractivity contribution in [1.29, 1.82) is 0 Å². The number of unbranched alkanes of at least 4 members (excludes halogenated alkanes) is 16. The monoisotopic (exact) mass is 698 g/mol. The van der Waals surface area contributed by atoms with Gasteiger partial charge in [-0.25, -0.2) is 0 Å².